The zero-order valence-corrected chi connectivity index (χ0v) is 20.5. The Morgan fingerprint density at radius 1 is 1.19 bits per heavy atom. The zero-order valence-electron chi connectivity index (χ0n) is 18.2. The van der Waals surface area contributed by atoms with Crippen molar-refractivity contribution < 1.29 is 18.7 Å². The predicted octanol–water partition coefficient (Wildman–Crippen LogP) is 3.39. The van der Waals surface area contributed by atoms with E-state index in [1.54, 1.807) is 19.2 Å². The quantitative estimate of drug-likeness (QED) is 0.256. The zero-order chi connectivity index (χ0) is 21.9. The number of carbonyl (C=O) groups is 1. The van der Waals surface area contributed by atoms with Crippen LogP contribution < -0.4 is 25.4 Å². The van der Waals surface area contributed by atoms with Gasteiger partial charge in [-0.05, 0) is 49.2 Å². The number of rotatable bonds is 9. The molecule has 0 saturated heterocycles. The van der Waals surface area contributed by atoms with Crippen LogP contribution in [0.3, 0.4) is 0 Å². The van der Waals surface area contributed by atoms with Crippen LogP contribution in [-0.4, -0.2) is 39.2 Å². The lowest BCUT2D eigenvalue weighted by atomic mass is 10.1. The number of nitrogens with zero attached hydrogens (tertiary/aromatic N) is 1. The molecule has 170 valence electrons. The molecule has 0 aliphatic carbocycles. The summed E-state index contributed by atoms with van der Waals surface area (Å²) in [4.78, 5) is 15.7. The number of benzene rings is 2. The summed E-state index contributed by atoms with van der Waals surface area (Å²) in [6, 6.07) is 12.2. The van der Waals surface area contributed by atoms with E-state index in [1.807, 2.05) is 38.1 Å². The molecule has 1 atom stereocenters. The number of halogens is 2. The van der Waals surface area contributed by atoms with E-state index in [-0.39, 0.29) is 48.3 Å². The number of aliphatic imine (C=N–C) groups is 1. The molecule has 3 N–H and O–H groups in total. The van der Waals surface area contributed by atoms with Crippen LogP contribution in [0.2, 0.25) is 0 Å². The third-order valence-corrected chi connectivity index (χ3v) is 4.35. The summed E-state index contributed by atoms with van der Waals surface area (Å²) in [5, 5.41) is 9.14. The molecule has 0 spiro atoms. The lowest BCUT2D eigenvalue weighted by molar-refractivity contribution is -0.122. The fraction of sp³-hybridized carbons (Fsp3) is 0.364. The van der Waals surface area contributed by atoms with Crippen LogP contribution in [0.1, 0.15) is 31.0 Å². The maximum atomic E-state index is 14.0. The summed E-state index contributed by atoms with van der Waals surface area (Å²) in [5.74, 6) is 0.839. The third-order valence-electron chi connectivity index (χ3n) is 4.35. The highest BCUT2D eigenvalue weighted by Gasteiger charge is 2.11. The van der Waals surface area contributed by atoms with Crippen molar-refractivity contribution in [2.24, 2.45) is 4.99 Å². The number of likely N-dealkylation sites (N-methyl/N-ethyl adjacent to an activating group) is 1. The van der Waals surface area contributed by atoms with Crippen LogP contribution >= 0.6 is 24.0 Å². The van der Waals surface area contributed by atoms with Crippen molar-refractivity contribution in [3.63, 3.8) is 0 Å². The van der Waals surface area contributed by atoms with Gasteiger partial charge in [0.15, 0.2) is 24.1 Å². The first kappa shape index (κ1) is 26.5. The lowest BCUT2D eigenvalue weighted by Gasteiger charge is -2.19. The minimum Gasteiger partial charge on any atom is -0.494 e. The number of hydrogen-bond acceptors (Lipinski definition) is 4. The van der Waals surface area contributed by atoms with Gasteiger partial charge in [0.2, 0.25) is 0 Å². The fourth-order valence-corrected chi connectivity index (χ4v) is 2.76. The molecule has 2 aromatic rings. The first-order valence-corrected chi connectivity index (χ1v) is 9.75. The lowest BCUT2D eigenvalue weighted by Crippen LogP contribution is -2.38. The van der Waals surface area contributed by atoms with Crippen molar-refractivity contribution in [2.75, 3.05) is 27.3 Å². The van der Waals surface area contributed by atoms with Crippen LogP contribution in [0.25, 0.3) is 0 Å². The maximum Gasteiger partial charge on any atom is 0.257 e. The number of amides is 1. The van der Waals surface area contributed by atoms with Crippen LogP contribution in [0.15, 0.2) is 47.5 Å². The molecule has 1 unspecified atom stereocenters. The van der Waals surface area contributed by atoms with Crippen molar-refractivity contribution in [1.82, 2.24) is 16.0 Å². The largest absolute Gasteiger partial charge is 0.494 e. The van der Waals surface area contributed by atoms with E-state index >= 15 is 0 Å². The molecule has 0 aliphatic heterocycles. The molecule has 0 fully saturated rings. The SMILES string of the molecule is CCNC(=O)COc1cccc(CNC(=NC)NC(C)c2ccc(OC)c(F)c2)c1.I. The first-order valence-electron chi connectivity index (χ1n) is 9.75. The smallest absolute Gasteiger partial charge is 0.257 e. The molecular weight excluding hydrogens is 514 g/mol. The molecule has 31 heavy (non-hydrogen) atoms. The summed E-state index contributed by atoms with van der Waals surface area (Å²) in [6.45, 7) is 4.83. The minimum atomic E-state index is -0.406. The van der Waals surface area contributed by atoms with Gasteiger partial charge in [-0.15, -0.1) is 24.0 Å². The molecule has 2 aromatic carbocycles. The molecule has 9 heteroatoms. The highest BCUT2D eigenvalue weighted by atomic mass is 127. The molecule has 1 amide bonds. The molecule has 0 radical (unpaired) electrons. The second-order valence-electron chi connectivity index (χ2n) is 6.58. The van der Waals surface area contributed by atoms with Crippen molar-refractivity contribution >= 4 is 35.8 Å². The Bertz CT molecular complexity index is 880. The number of nitrogens with one attached hydrogen (secondary N) is 3. The van der Waals surface area contributed by atoms with Gasteiger partial charge < -0.3 is 25.4 Å². The van der Waals surface area contributed by atoms with Crippen LogP contribution in [0.4, 0.5) is 4.39 Å². The summed E-state index contributed by atoms with van der Waals surface area (Å²) < 4.78 is 24.4. The summed E-state index contributed by atoms with van der Waals surface area (Å²) in [5.41, 5.74) is 1.74. The second-order valence-corrected chi connectivity index (χ2v) is 6.58. The van der Waals surface area contributed by atoms with E-state index in [0.717, 1.165) is 11.1 Å². The van der Waals surface area contributed by atoms with E-state index < -0.39 is 5.82 Å². The Labute approximate surface area is 199 Å². The molecule has 2 rings (SSSR count). The Morgan fingerprint density at radius 3 is 2.61 bits per heavy atom. The number of guanidine groups is 1. The van der Waals surface area contributed by atoms with Gasteiger partial charge in [-0.1, -0.05) is 18.2 Å². The van der Waals surface area contributed by atoms with Gasteiger partial charge in [0, 0.05) is 20.1 Å². The number of methoxy groups -OCH3 is 1. The molecule has 0 aliphatic rings. The average molecular weight is 544 g/mol. The highest BCUT2D eigenvalue weighted by Crippen LogP contribution is 2.21. The van der Waals surface area contributed by atoms with E-state index in [9.17, 15) is 9.18 Å². The molecule has 0 bridgehead atoms. The minimum absolute atomic E-state index is 0. The van der Waals surface area contributed by atoms with E-state index in [4.69, 9.17) is 9.47 Å². The summed E-state index contributed by atoms with van der Waals surface area (Å²) in [6.07, 6.45) is 0. The van der Waals surface area contributed by atoms with Gasteiger partial charge in [0.25, 0.3) is 5.91 Å². The monoisotopic (exact) mass is 544 g/mol. The average Bonchev–Trinajstić information content (AvgIpc) is 2.75. The van der Waals surface area contributed by atoms with Crippen molar-refractivity contribution in [3.05, 3.63) is 59.4 Å². The maximum absolute atomic E-state index is 14.0. The van der Waals surface area contributed by atoms with E-state index in [0.29, 0.717) is 24.8 Å². The van der Waals surface area contributed by atoms with E-state index in [2.05, 4.69) is 20.9 Å². The highest BCUT2D eigenvalue weighted by molar-refractivity contribution is 14.0. The van der Waals surface area contributed by atoms with Crippen LogP contribution in [0.5, 0.6) is 11.5 Å². The second kappa shape index (κ2) is 13.7. The number of carbonyl (C=O) groups excluding carboxylic acids is 1. The number of ether oxygens (including phenoxy) is 2. The molecule has 7 nitrogen and oxygen atoms in total. The summed E-state index contributed by atoms with van der Waals surface area (Å²) >= 11 is 0. The first-order chi connectivity index (χ1) is 14.5. The van der Waals surface area contributed by atoms with Gasteiger partial charge in [-0.2, -0.15) is 0 Å². The van der Waals surface area contributed by atoms with Crippen LogP contribution in [-0.2, 0) is 11.3 Å². The Morgan fingerprint density at radius 2 is 1.97 bits per heavy atom. The Balaban J connectivity index is 0.00000480. The van der Waals surface area contributed by atoms with E-state index in [1.165, 1.54) is 13.2 Å². The Kier molecular flexibility index (Phi) is 11.7. The van der Waals surface area contributed by atoms with Gasteiger partial charge in [0.1, 0.15) is 5.75 Å². The van der Waals surface area contributed by atoms with Gasteiger partial charge in [-0.3, -0.25) is 9.79 Å². The van der Waals surface area contributed by atoms with Crippen molar-refractivity contribution in [3.8, 4) is 11.5 Å². The standard InChI is InChI=1S/C22H29FN4O3.HI/c1-5-25-21(28)14-30-18-8-6-7-16(11-18)13-26-22(24-3)27-15(2)17-9-10-20(29-4)19(23)12-17;/h6-12,15H,5,13-14H2,1-4H3,(H,25,28)(H2,24,26,27);1H. The fourth-order valence-electron chi connectivity index (χ4n) is 2.76. The molecule has 0 saturated carbocycles. The molecular formula is C22H30FIN4O3. The molecule has 0 aromatic heterocycles. The van der Waals surface area contributed by atoms with Crippen molar-refractivity contribution in [1.29, 1.82) is 0 Å². The Hall–Kier alpha value is -2.56. The van der Waals surface area contributed by atoms with Crippen LogP contribution in [0, 0.1) is 5.82 Å². The van der Waals surface area contributed by atoms with Gasteiger partial charge in [0.05, 0.1) is 13.2 Å². The predicted molar refractivity (Wildman–Crippen MR) is 131 cm³/mol. The normalized spacial score (nSPS) is 11.7. The third kappa shape index (κ3) is 8.60. The number of hydrogen-bond donors (Lipinski definition) is 3. The molecule has 0 heterocycles. The van der Waals surface area contributed by atoms with Gasteiger partial charge >= 0.3 is 0 Å². The van der Waals surface area contributed by atoms with Gasteiger partial charge in [-0.25, -0.2) is 4.39 Å². The van der Waals surface area contributed by atoms with Crippen molar-refractivity contribution in [2.45, 2.75) is 26.4 Å². The summed E-state index contributed by atoms with van der Waals surface area (Å²) in [7, 11) is 3.11. The topological polar surface area (TPSA) is 84.0 Å².